The van der Waals surface area contributed by atoms with E-state index in [4.69, 9.17) is 4.98 Å². The Hall–Kier alpha value is -4.19. The standard InChI is InChI=1S/C27H25N3O3/c1-4-23(22-14-19(31)10-12-26(22)32)29-30-27(33)21-15-25(18-8-5-16(2)6-9-18)28-24-11-7-17(3)13-20(21)24/h5-15,31-32H,4H2,1-3H3,(H,30,33)/b29-23+. The Labute approximate surface area is 192 Å². The zero-order chi connectivity index (χ0) is 23.5. The number of phenols is 2. The number of rotatable bonds is 5. The number of pyridine rings is 1. The summed E-state index contributed by atoms with van der Waals surface area (Å²) in [5.74, 6) is -0.394. The van der Waals surface area contributed by atoms with Gasteiger partial charge in [0.2, 0.25) is 0 Å². The Bertz CT molecular complexity index is 1380. The fourth-order valence-electron chi connectivity index (χ4n) is 3.66. The van der Waals surface area contributed by atoms with Crippen molar-refractivity contribution in [2.24, 2.45) is 5.10 Å². The van der Waals surface area contributed by atoms with Gasteiger partial charge in [0, 0.05) is 16.5 Å². The minimum Gasteiger partial charge on any atom is -0.508 e. The highest BCUT2D eigenvalue weighted by Gasteiger charge is 2.15. The maximum atomic E-state index is 13.3. The van der Waals surface area contributed by atoms with Crippen molar-refractivity contribution < 1.29 is 15.0 Å². The number of carbonyl (C=O) groups excluding carboxylic acids is 1. The quantitative estimate of drug-likeness (QED) is 0.218. The van der Waals surface area contributed by atoms with Gasteiger partial charge in [0.15, 0.2) is 0 Å². The fourth-order valence-corrected chi connectivity index (χ4v) is 3.66. The lowest BCUT2D eigenvalue weighted by molar-refractivity contribution is 0.0956. The normalized spacial score (nSPS) is 11.5. The van der Waals surface area contributed by atoms with Crippen molar-refractivity contribution in [3.8, 4) is 22.8 Å². The second-order valence-electron chi connectivity index (χ2n) is 8.00. The van der Waals surface area contributed by atoms with E-state index >= 15 is 0 Å². The predicted octanol–water partition coefficient (Wildman–Crippen LogP) is 5.47. The number of aromatic hydroxyl groups is 2. The van der Waals surface area contributed by atoms with Crippen molar-refractivity contribution in [1.82, 2.24) is 10.4 Å². The Morgan fingerprint density at radius 3 is 2.36 bits per heavy atom. The van der Waals surface area contributed by atoms with Crippen LogP contribution in [0.3, 0.4) is 0 Å². The van der Waals surface area contributed by atoms with Gasteiger partial charge in [-0.1, -0.05) is 48.4 Å². The van der Waals surface area contributed by atoms with E-state index < -0.39 is 0 Å². The molecule has 0 radical (unpaired) electrons. The first kappa shape index (κ1) is 22.0. The van der Waals surface area contributed by atoms with Gasteiger partial charge >= 0.3 is 0 Å². The lowest BCUT2D eigenvalue weighted by atomic mass is 10.0. The molecule has 1 heterocycles. The second kappa shape index (κ2) is 9.12. The summed E-state index contributed by atoms with van der Waals surface area (Å²) in [4.78, 5) is 18.0. The number of carbonyl (C=O) groups is 1. The minimum atomic E-state index is -0.382. The molecule has 0 saturated heterocycles. The molecule has 0 atom stereocenters. The van der Waals surface area contributed by atoms with E-state index in [9.17, 15) is 15.0 Å². The van der Waals surface area contributed by atoms with E-state index in [1.54, 1.807) is 6.07 Å². The Kier molecular flexibility index (Phi) is 6.09. The maximum Gasteiger partial charge on any atom is 0.272 e. The molecule has 3 aromatic carbocycles. The average molecular weight is 440 g/mol. The highest BCUT2D eigenvalue weighted by molar-refractivity contribution is 6.09. The number of hydrogen-bond donors (Lipinski definition) is 3. The molecule has 6 nitrogen and oxygen atoms in total. The number of phenolic OH excluding ortho intramolecular Hbond substituents is 2. The lowest BCUT2D eigenvalue weighted by Crippen LogP contribution is -2.20. The average Bonchev–Trinajstić information content (AvgIpc) is 2.81. The smallest absolute Gasteiger partial charge is 0.272 e. The third kappa shape index (κ3) is 4.70. The molecule has 0 spiro atoms. The Morgan fingerprint density at radius 2 is 1.64 bits per heavy atom. The summed E-state index contributed by atoms with van der Waals surface area (Å²) in [7, 11) is 0. The van der Waals surface area contributed by atoms with Crippen LogP contribution in [0.1, 0.15) is 40.4 Å². The summed E-state index contributed by atoms with van der Waals surface area (Å²) in [5, 5.41) is 24.9. The second-order valence-corrected chi connectivity index (χ2v) is 8.00. The number of hydrazone groups is 1. The molecule has 166 valence electrons. The number of hydrogen-bond acceptors (Lipinski definition) is 5. The van der Waals surface area contributed by atoms with Gasteiger partial charge < -0.3 is 10.2 Å². The number of aryl methyl sites for hydroxylation is 2. The molecule has 4 rings (SSSR count). The molecule has 0 aliphatic carbocycles. The highest BCUT2D eigenvalue weighted by atomic mass is 16.3. The summed E-state index contributed by atoms with van der Waals surface area (Å²) < 4.78 is 0. The van der Waals surface area contributed by atoms with Gasteiger partial charge in [0.1, 0.15) is 11.5 Å². The summed E-state index contributed by atoms with van der Waals surface area (Å²) in [5.41, 5.74) is 8.39. The van der Waals surface area contributed by atoms with Crippen molar-refractivity contribution in [1.29, 1.82) is 0 Å². The van der Waals surface area contributed by atoms with Crippen LogP contribution in [0.15, 0.2) is 71.8 Å². The maximum absolute atomic E-state index is 13.3. The van der Waals surface area contributed by atoms with Gasteiger partial charge in [0.05, 0.1) is 22.5 Å². The van der Waals surface area contributed by atoms with E-state index in [0.717, 1.165) is 22.1 Å². The fraction of sp³-hybridized carbons (Fsp3) is 0.148. The first-order valence-electron chi connectivity index (χ1n) is 10.7. The van der Waals surface area contributed by atoms with Crippen LogP contribution in [-0.4, -0.2) is 26.8 Å². The molecule has 3 N–H and O–H groups in total. The van der Waals surface area contributed by atoms with Gasteiger partial charge in [-0.15, -0.1) is 0 Å². The van der Waals surface area contributed by atoms with Crippen LogP contribution in [0, 0.1) is 13.8 Å². The molecule has 6 heteroatoms. The zero-order valence-electron chi connectivity index (χ0n) is 18.8. The summed E-state index contributed by atoms with van der Waals surface area (Å²) in [6.45, 7) is 5.84. The van der Waals surface area contributed by atoms with E-state index in [1.165, 1.54) is 18.2 Å². The van der Waals surface area contributed by atoms with E-state index in [2.05, 4.69) is 10.5 Å². The molecular weight excluding hydrogens is 414 g/mol. The third-order valence-corrected chi connectivity index (χ3v) is 5.47. The predicted molar refractivity (Wildman–Crippen MR) is 131 cm³/mol. The first-order chi connectivity index (χ1) is 15.9. The largest absolute Gasteiger partial charge is 0.508 e. The molecule has 4 aromatic rings. The number of aromatic nitrogens is 1. The highest BCUT2D eigenvalue weighted by Crippen LogP contribution is 2.27. The SMILES string of the molecule is CC/C(=N\NC(=O)c1cc(-c2ccc(C)cc2)nc2ccc(C)cc12)c1cc(O)ccc1O. The van der Waals surface area contributed by atoms with Crippen molar-refractivity contribution >= 4 is 22.5 Å². The molecule has 0 aliphatic heterocycles. The number of amides is 1. The van der Waals surface area contributed by atoms with Crippen molar-refractivity contribution in [2.75, 3.05) is 0 Å². The summed E-state index contributed by atoms with van der Waals surface area (Å²) in [6.07, 6.45) is 0.447. The van der Waals surface area contributed by atoms with Gasteiger partial charge in [-0.05, 0) is 56.7 Å². The molecular formula is C27H25N3O3. The Morgan fingerprint density at radius 1 is 0.909 bits per heavy atom. The van der Waals surface area contributed by atoms with Crippen molar-refractivity contribution in [3.05, 3.63) is 89.0 Å². The third-order valence-electron chi connectivity index (χ3n) is 5.47. The number of fused-ring (bicyclic) bond motifs is 1. The molecule has 0 fully saturated rings. The van der Waals surface area contributed by atoms with Crippen LogP contribution in [-0.2, 0) is 0 Å². The van der Waals surface area contributed by atoms with E-state index in [0.29, 0.717) is 34.5 Å². The van der Waals surface area contributed by atoms with Crippen LogP contribution in [0.5, 0.6) is 11.5 Å². The van der Waals surface area contributed by atoms with Crippen LogP contribution in [0.4, 0.5) is 0 Å². The van der Waals surface area contributed by atoms with Gasteiger partial charge in [-0.3, -0.25) is 4.79 Å². The molecule has 0 aliphatic rings. The summed E-state index contributed by atoms with van der Waals surface area (Å²) >= 11 is 0. The first-order valence-corrected chi connectivity index (χ1v) is 10.7. The van der Waals surface area contributed by atoms with Gasteiger partial charge in [-0.2, -0.15) is 5.10 Å². The van der Waals surface area contributed by atoms with Crippen molar-refractivity contribution in [2.45, 2.75) is 27.2 Å². The monoisotopic (exact) mass is 439 g/mol. The topological polar surface area (TPSA) is 94.8 Å². The van der Waals surface area contributed by atoms with E-state index in [1.807, 2.05) is 63.2 Å². The molecule has 0 saturated carbocycles. The zero-order valence-corrected chi connectivity index (χ0v) is 18.8. The molecule has 33 heavy (non-hydrogen) atoms. The van der Waals surface area contributed by atoms with Crippen LogP contribution >= 0.6 is 0 Å². The van der Waals surface area contributed by atoms with Crippen LogP contribution in [0.25, 0.3) is 22.2 Å². The molecule has 1 aromatic heterocycles. The van der Waals surface area contributed by atoms with Crippen LogP contribution in [0.2, 0.25) is 0 Å². The van der Waals surface area contributed by atoms with E-state index in [-0.39, 0.29) is 17.4 Å². The summed E-state index contributed by atoms with van der Waals surface area (Å²) in [6, 6.07) is 19.8. The van der Waals surface area contributed by atoms with Crippen LogP contribution < -0.4 is 5.43 Å². The number of nitrogens with zero attached hydrogens (tertiary/aromatic N) is 2. The van der Waals surface area contributed by atoms with Gasteiger partial charge in [0.25, 0.3) is 5.91 Å². The Balaban J connectivity index is 1.76. The number of benzene rings is 3. The van der Waals surface area contributed by atoms with Gasteiger partial charge in [-0.25, -0.2) is 10.4 Å². The molecule has 0 bridgehead atoms. The lowest BCUT2D eigenvalue weighted by Gasteiger charge is -2.11. The molecule has 1 amide bonds. The molecule has 0 unspecified atom stereocenters. The van der Waals surface area contributed by atoms with Crippen molar-refractivity contribution in [3.63, 3.8) is 0 Å². The minimum absolute atomic E-state index is 0.00798. The number of nitrogens with one attached hydrogen (secondary N) is 1.